The molecule has 1 aliphatic heterocycles. The van der Waals surface area contributed by atoms with Crippen molar-refractivity contribution in [1.82, 2.24) is 15.5 Å². The number of amides is 2. The third kappa shape index (κ3) is 9.18. The number of aliphatic hydroxyl groups excluding tert-OH is 1. The van der Waals surface area contributed by atoms with Crippen LogP contribution in [-0.2, 0) is 23.9 Å². The van der Waals surface area contributed by atoms with Crippen LogP contribution in [-0.4, -0.2) is 52.8 Å². The molecule has 0 spiro atoms. The lowest BCUT2D eigenvalue weighted by atomic mass is 9.97. The molecule has 1 fully saturated rings. The maximum Gasteiger partial charge on any atom is 0.416 e. The summed E-state index contributed by atoms with van der Waals surface area (Å²) in [5.74, 6) is -1.77. The molecular weight excluding hydrogens is 638 g/mol. The second-order valence-corrected chi connectivity index (χ2v) is 12.3. The molecule has 0 bridgehead atoms. The molecule has 256 valence electrons. The van der Waals surface area contributed by atoms with Gasteiger partial charge in [-0.2, -0.15) is 13.2 Å². The van der Waals surface area contributed by atoms with Crippen LogP contribution in [0.4, 0.5) is 17.6 Å². The van der Waals surface area contributed by atoms with Crippen molar-refractivity contribution in [3.05, 3.63) is 142 Å². The van der Waals surface area contributed by atoms with Crippen LogP contribution in [0, 0.1) is 11.7 Å². The van der Waals surface area contributed by atoms with Gasteiger partial charge in [0.05, 0.1) is 23.8 Å². The second kappa shape index (κ2) is 15.6. The van der Waals surface area contributed by atoms with Gasteiger partial charge < -0.3 is 20.6 Å². The highest BCUT2D eigenvalue weighted by atomic mass is 19.4. The lowest BCUT2D eigenvalue weighted by Gasteiger charge is -2.26. The Balaban J connectivity index is 1.30. The van der Waals surface area contributed by atoms with Crippen molar-refractivity contribution >= 4 is 17.6 Å². The fourth-order valence-corrected chi connectivity index (χ4v) is 6.08. The molecule has 0 radical (unpaired) electrons. The van der Waals surface area contributed by atoms with E-state index >= 15 is 0 Å². The molecule has 7 nitrogen and oxygen atoms in total. The van der Waals surface area contributed by atoms with Gasteiger partial charge in [0.2, 0.25) is 0 Å². The number of benzene rings is 4. The van der Waals surface area contributed by atoms with Gasteiger partial charge in [0, 0.05) is 36.7 Å². The summed E-state index contributed by atoms with van der Waals surface area (Å²) in [4.78, 5) is 41.3. The molecule has 4 aromatic rings. The number of nitrogens with one attached hydrogen (secondary N) is 2. The van der Waals surface area contributed by atoms with Gasteiger partial charge in [0.25, 0.3) is 11.8 Å². The summed E-state index contributed by atoms with van der Waals surface area (Å²) in [5, 5.41) is 17.0. The van der Waals surface area contributed by atoms with E-state index in [2.05, 4.69) is 10.6 Å². The van der Waals surface area contributed by atoms with Crippen LogP contribution in [0.5, 0.6) is 0 Å². The van der Waals surface area contributed by atoms with E-state index in [9.17, 15) is 37.1 Å². The van der Waals surface area contributed by atoms with Crippen LogP contribution in [0.25, 0.3) is 0 Å². The molecule has 1 saturated heterocycles. The standard InChI is InChI=1S/C38H37F4N3O4/c1-24(46)30-20-34(27-13-15-32(39)16-14-27)45(23-30)37(49)29-11-6-10-28(19-29)36(48)44-33(18-25-7-3-2-4-8-25)35(47)22-43-21-26-9-5-12-31(17-26)38(40,41)42/h2-17,19,30,33-35,43,47H,18,20-23H2,1H3,(H,44,48)/t30?,33-,34?,35-/m0/s1. The number of hydrogen-bond donors (Lipinski definition) is 3. The van der Waals surface area contributed by atoms with Gasteiger partial charge in [-0.05, 0) is 72.9 Å². The monoisotopic (exact) mass is 675 g/mol. The molecule has 0 saturated carbocycles. The molecule has 49 heavy (non-hydrogen) atoms. The predicted octanol–water partition coefficient (Wildman–Crippen LogP) is 6.13. The van der Waals surface area contributed by atoms with Crippen molar-refractivity contribution in [3.8, 4) is 0 Å². The summed E-state index contributed by atoms with van der Waals surface area (Å²) < 4.78 is 53.1. The average Bonchev–Trinajstić information content (AvgIpc) is 3.54. The molecule has 1 heterocycles. The Morgan fingerprint density at radius 3 is 2.24 bits per heavy atom. The number of hydrogen-bond acceptors (Lipinski definition) is 5. The Kier molecular flexibility index (Phi) is 11.3. The Morgan fingerprint density at radius 1 is 0.878 bits per heavy atom. The van der Waals surface area contributed by atoms with E-state index in [1.165, 1.54) is 31.2 Å². The molecule has 4 aromatic carbocycles. The lowest BCUT2D eigenvalue weighted by molar-refractivity contribution is -0.137. The first-order valence-corrected chi connectivity index (χ1v) is 16.0. The Bertz CT molecular complexity index is 1770. The SMILES string of the molecule is CC(=O)C1CC(c2ccc(F)cc2)N(C(=O)c2cccc(C(=O)N[C@@H](Cc3ccccc3)[C@@H](O)CNCc3cccc(C(F)(F)F)c3)c2)C1. The summed E-state index contributed by atoms with van der Waals surface area (Å²) in [6, 6.07) is 24.8. The minimum atomic E-state index is -4.47. The number of carbonyl (C=O) groups is 3. The molecular formula is C38H37F4N3O4. The molecule has 0 aliphatic carbocycles. The summed E-state index contributed by atoms with van der Waals surface area (Å²) in [7, 11) is 0. The molecule has 1 aliphatic rings. The highest BCUT2D eigenvalue weighted by Crippen LogP contribution is 2.37. The van der Waals surface area contributed by atoms with E-state index < -0.39 is 41.7 Å². The van der Waals surface area contributed by atoms with Crippen molar-refractivity contribution < 1.29 is 37.1 Å². The van der Waals surface area contributed by atoms with Gasteiger partial charge in [0.15, 0.2) is 0 Å². The largest absolute Gasteiger partial charge is 0.416 e. The van der Waals surface area contributed by atoms with Gasteiger partial charge in [-0.25, -0.2) is 4.39 Å². The zero-order chi connectivity index (χ0) is 35.1. The number of likely N-dealkylation sites (tertiary alicyclic amines) is 1. The smallest absolute Gasteiger partial charge is 0.390 e. The van der Waals surface area contributed by atoms with Crippen molar-refractivity contribution in [3.63, 3.8) is 0 Å². The second-order valence-electron chi connectivity index (χ2n) is 12.3. The number of rotatable bonds is 12. The van der Waals surface area contributed by atoms with Crippen LogP contribution in [0.1, 0.15) is 62.4 Å². The Hall–Kier alpha value is -4.87. The van der Waals surface area contributed by atoms with Crippen molar-refractivity contribution in [2.24, 2.45) is 5.92 Å². The maximum absolute atomic E-state index is 13.8. The normalized spacial score (nSPS) is 17.4. The zero-order valence-electron chi connectivity index (χ0n) is 26.8. The molecule has 5 rings (SSSR count). The Morgan fingerprint density at radius 2 is 1.55 bits per heavy atom. The topological polar surface area (TPSA) is 98.7 Å². The van der Waals surface area contributed by atoms with E-state index in [4.69, 9.17) is 0 Å². The number of aliphatic hydroxyl groups is 1. The van der Waals surface area contributed by atoms with Gasteiger partial charge >= 0.3 is 6.18 Å². The van der Waals surface area contributed by atoms with Crippen LogP contribution in [0.2, 0.25) is 0 Å². The third-order valence-electron chi connectivity index (χ3n) is 8.78. The number of alkyl halides is 3. The fourth-order valence-electron chi connectivity index (χ4n) is 6.08. The van der Waals surface area contributed by atoms with E-state index in [1.54, 1.807) is 41.3 Å². The van der Waals surface area contributed by atoms with Gasteiger partial charge in [-0.3, -0.25) is 14.4 Å². The molecule has 11 heteroatoms. The minimum Gasteiger partial charge on any atom is -0.390 e. The highest BCUT2D eigenvalue weighted by Gasteiger charge is 2.38. The summed E-state index contributed by atoms with van der Waals surface area (Å²) in [6.45, 7) is 1.71. The predicted molar refractivity (Wildman–Crippen MR) is 176 cm³/mol. The quantitative estimate of drug-likeness (QED) is 0.157. The third-order valence-corrected chi connectivity index (χ3v) is 8.78. The van der Waals surface area contributed by atoms with E-state index in [-0.39, 0.29) is 54.8 Å². The number of ketones is 1. The molecule has 2 amide bonds. The van der Waals surface area contributed by atoms with E-state index in [0.29, 0.717) is 17.5 Å². The maximum atomic E-state index is 13.8. The summed E-state index contributed by atoms with van der Waals surface area (Å²) >= 11 is 0. The first-order chi connectivity index (χ1) is 23.4. The first-order valence-electron chi connectivity index (χ1n) is 16.0. The minimum absolute atomic E-state index is 0.0242. The highest BCUT2D eigenvalue weighted by molar-refractivity contribution is 6.00. The zero-order valence-corrected chi connectivity index (χ0v) is 26.8. The van der Waals surface area contributed by atoms with Crippen molar-refractivity contribution in [1.29, 1.82) is 0 Å². The lowest BCUT2D eigenvalue weighted by Crippen LogP contribution is -2.48. The van der Waals surface area contributed by atoms with Crippen LogP contribution in [0.3, 0.4) is 0 Å². The van der Waals surface area contributed by atoms with E-state index in [0.717, 1.165) is 17.7 Å². The molecule has 4 atom stereocenters. The Labute approximate surface area is 282 Å². The number of halogens is 4. The first kappa shape index (κ1) is 35.4. The van der Waals surface area contributed by atoms with Gasteiger partial charge in [-0.1, -0.05) is 66.7 Å². The summed E-state index contributed by atoms with van der Waals surface area (Å²) in [5.41, 5.74) is 1.57. The number of carbonyl (C=O) groups excluding carboxylic acids is 3. The summed E-state index contributed by atoms with van der Waals surface area (Å²) in [6.07, 6.45) is -4.94. The van der Waals surface area contributed by atoms with Crippen LogP contribution in [0.15, 0.2) is 103 Å². The van der Waals surface area contributed by atoms with E-state index in [1.807, 2.05) is 30.3 Å². The fraction of sp³-hybridized carbons (Fsp3) is 0.289. The van der Waals surface area contributed by atoms with Gasteiger partial charge in [0.1, 0.15) is 11.6 Å². The van der Waals surface area contributed by atoms with Crippen molar-refractivity contribution in [2.75, 3.05) is 13.1 Å². The average molecular weight is 676 g/mol. The van der Waals surface area contributed by atoms with Gasteiger partial charge in [-0.15, -0.1) is 0 Å². The van der Waals surface area contributed by atoms with Crippen LogP contribution < -0.4 is 10.6 Å². The molecule has 0 aromatic heterocycles. The number of nitrogens with zero attached hydrogens (tertiary/aromatic N) is 1. The molecule has 2 unspecified atom stereocenters. The number of Topliss-reactive ketones (excluding diaryl/α,β-unsaturated/α-hetero) is 1. The molecule has 3 N–H and O–H groups in total. The van der Waals surface area contributed by atoms with Crippen LogP contribution >= 0.6 is 0 Å². The van der Waals surface area contributed by atoms with Crippen molar-refractivity contribution in [2.45, 2.75) is 50.7 Å².